The number of hydrogen-bond acceptors (Lipinski definition) is 2. The summed E-state index contributed by atoms with van der Waals surface area (Å²) in [6.45, 7) is 2.29. The maximum Gasteiger partial charge on any atom is 0.226 e. The molecule has 1 N–H and O–H groups in total. The van der Waals surface area contributed by atoms with Crippen LogP contribution < -0.4 is 5.32 Å². The van der Waals surface area contributed by atoms with Crippen LogP contribution in [-0.4, -0.2) is 33.2 Å². The molecule has 1 atom stereocenters. The van der Waals surface area contributed by atoms with Gasteiger partial charge in [-0.1, -0.05) is 108 Å². The third-order valence-corrected chi connectivity index (χ3v) is 7.17. The first-order valence-electron chi connectivity index (χ1n) is 12.4. The van der Waals surface area contributed by atoms with Crippen molar-refractivity contribution in [1.82, 2.24) is 5.32 Å². The highest BCUT2D eigenvalue weighted by molar-refractivity contribution is 7.30. The van der Waals surface area contributed by atoms with Gasteiger partial charge in [-0.25, -0.2) is 0 Å². The Balaban J connectivity index is 1.82. The van der Waals surface area contributed by atoms with Crippen LogP contribution >= 0.6 is 0 Å². The molecule has 0 radical (unpaired) electrons. The zero-order chi connectivity index (χ0) is 20.1. The van der Waals surface area contributed by atoms with Crippen LogP contribution in [0.5, 0.6) is 0 Å². The van der Waals surface area contributed by atoms with Crippen molar-refractivity contribution >= 4 is 33.2 Å². The molecule has 156 valence electrons. The molecule has 2 fully saturated rings. The van der Waals surface area contributed by atoms with Crippen LogP contribution in [0.2, 0.25) is 11.1 Å². The largest absolute Gasteiger partial charge is 0.296 e. The smallest absolute Gasteiger partial charge is 0.226 e. The molecule has 2 amide bonds. The van der Waals surface area contributed by atoms with E-state index in [4.69, 9.17) is 0 Å². The number of amides is 2. The number of carbonyl (C=O) groups excluding carboxylic acids is 2. The molecule has 1 saturated carbocycles. The molecule has 0 aromatic rings. The first kappa shape index (κ1) is 23.6. The van der Waals surface area contributed by atoms with Crippen LogP contribution in [0.3, 0.4) is 0 Å². The minimum Gasteiger partial charge on any atom is -0.296 e. The van der Waals surface area contributed by atoms with E-state index >= 15 is 0 Å². The van der Waals surface area contributed by atoms with Gasteiger partial charge in [0, 0.05) is 12.8 Å². The normalized spacial score (nSPS) is 27.6. The van der Waals surface area contributed by atoms with Gasteiger partial charge < -0.3 is 0 Å². The summed E-state index contributed by atoms with van der Waals surface area (Å²) in [5.74, 6) is 0.768. The Bertz CT molecular complexity index is 465. The van der Waals surface area contributed by atoms with Crippen molar-refractivity contribution in [3.05, 3.63) is 0 Å². The first-order valence-corrected chi connectivity index (χ1v) is 12.4. The average Bonchev–Trinajstić information content (AvgIpc) is 2.65. The molecule has 0 bridgehead atoms. The molecule has 1 aliphatic carbocycles. The fourth-order valence-electron chi connectivity index (χ4n) is 5.32. The second-order valence-corrected chi connectivity index (χ2v) is 10.0. The van der Waals surface area contributed by atoms with E-state index in [2.05, 4.69) is 12.2 Å². The molecule has 2 aliphatic rings. The minimum atomic E-state index is -0.0746. The highest BCUT2D eigenvalue weighted by atomic mass is 16.2. The molecule has 1 aliphatic heterocycles. The van der Waals surface area contributed by atoms with E-state index < -0.39 is 0 Å². The van der Waals surface area contributed by atoms with Gasteiger partial charge in [0.25, 0.3) is 0 Å². The maximum absolute atomic E-state index is 12.4. The molecule has 2 rings (SSSR count). The summed E-state index contributed by atoms with van der Waals surface area (Å²) in [5, 5.41) is 2.70. The maximum atomic E-state index is 12.4. The van der Waals surface area contributed by atoms with Crippen molar-refractivity contribution in [1.29, 1.82) is 0 Å². The molecule has 0 aromatic heterocycles. The Morgan fingerprint density at radius 2 is 1.36 bits per heavy atom. The number of hydrogen-bond donors (Lipinski definition) is 1. The van der Waals surface area contributed by atoms with Gasteiger partial charge in [-0.15, -0.1) is 0 Å². The SMILES string of the molecule is CC1(BBBC2CCCCCCCCC2)CCCCCCCC(=O)NC(=O)C1. The average molecular weight is 385 g/mol. The molecular formula is C22H42B3NO2. The number of carbonyl (C=O) groups is 2. The van der Waals surface area contributed by atoms with Crippen molar-refractivity contribution < 1.29 is 9.59 Å². The van der Waals surface area contributed by atoms with Crippen LogP contribution in [0, 0.1) is 0 Å². The highest BCUT2D eigenvalue weighted by Gasteiger charge is 2.29. The summed E-state index contributed by atoms with van der Waals surface area (Å²) >= 11 is 0. The highest BCUT2D eigenvalue weighted by Crippen LogP contribution is 2.36. The number of nitrogens with one attached hydrogen (secondary N) is 1. The van der Waals surface area contributed by atoms with E-state index in [1.807, 2.05) is 0 Å². The van der Waals surface area contributed by atoms with Crippen LogP contribution in [0.25, 0.3) is 0 Å². The van der Waals surface area contributed by atoms with Crippen molar-refractivity contribution in [2.75, 3.05) is 0 Å². The fraction of sp³-hybridized carbons (Fsp3) is 0.909. The molecule has 6 heteroatoms. The van der Waals surface area contributed by atoms with Crippen molar-refractivity contribution in [2.45, 2.75) is 127 Å². The molecular weight excluding hydrogens is 343 g/mol. The minimum absolute atomic E-state index is 0.0493. The Morgan fingerprint density at radius 3 is 2.04 bits per heavy atom. The second kappa shape index (κ2) is 13.5. The zero-order valence-corrected chi connectivity index (χ0v) is 18.5. The van der Waals surface area contributed by atoms with Gasteiger partial charge in [0.05, 0.1) is 21.4 Å². The van der Waals surface area contributed by atoms with Gasteiger partial charge in [-0.05, 0) is 6.42 Å². The van der Waals surface area contributed by atoms with Crippen molar-refractivity contribution in [2.24, 2.45) is 0 Å². The molecule has 1 heterocycles. The van der Waals surface area contributed by atoms with Crippen molar-refractivity contribution in [3.8, 4) is 0 Å². The second-order valence-electron chi connectivity index (χ2n) is 10.0. The molecule has 0 spiro atoms. The summed E-state index contributed by atoms with van der Waals surface area (Å²) in [6, 6.07) is 0. The van der Waals surface area contributed by atoms with E-state index in [1.165, 1.54) is 91.3 Å². The van der Waals surface area contributed by atoms with Crippen LogP contribution in [0.1, 0.15) is 116 Å². The van der Waals surface area contributed by atoms with Gasteiger partial charge in [0.15, 0.2) is 0 Å². The standard InChI is InChI=1S/C22H42B3NO2/c1-22(17-13-9-5-8-12-16-20(27)26-21(28)18-22)24-25-23-19-14-10-6-3-2-4-7-11-15-19/h19,23-25H,2-18H2,1H3,(H,26,27,28). The number of imide groups is 1. The predicted octanol–water partition coefficient (Wildman–Crippen LogP) is 4.39. The van der Waals surface area contributed by atoms with E-state index in [9.17, 15) is 9.59 Å². The van der Waals surface area contributed by atoms with E-state index in [1.54, 1.807) is 0 Å². The lowest BCUT2D eigenvalue weighted by Gasteiger charge is -2.29. The lowest BCUT2D eigenvalue weighted by molar-refractivity contribution is -0.130. The monoisotopic (exact) mass is 385 g/mol. The topological polar surface area (TPSA) is 46.2 Å². The van der Waals surface area contributed by atoms with Crippen LogP contribution in [0.4, 0.5) is 0 Å². The van der Waals surface area contributed by atoms with Crippen LogP contribution in [0.15, 0.2) is 0 Å². The van der Waals surface area contributed by atoms with E-state index in [0.717, 1.165) is 32.3 Å². The lowest BCUT2D eigenvalue weighted by atomic mass is 9.11. The Hall–Kier alpha value is -0.665. The first-order chi connectivity index (χ1) is 13.6. The van der Waals surface area contributed by atoms with Gasteiger partial charge in [0.1, 0.15) is 0 Å². The summed E-state index contributed by atoms with van der Waals surface area (Å²) in [4.78, 5) is 24.3. The van der Waals surface area contributed by atoms with Crippen molar-refractivity contribution in [3.63, 3.8) is 0 Å². The quantitative estimate of drug-likeness (QED) is 0.577. The van der Waals surface area contributed by atoms with Gasteiger partial charge in [-0.2, -0.15) is 0 Å². The zero-order valence-electron chi connectivity index (χ0n) is 18.5. The Labute approximate surface area is 175 Å². The Kier molecular flexibility index (Phi) is 11.4. The molecule has 1 unspecified atom stereocenters. The van der Waals surface area contributed by atoms with Gasteiger partial charge in [-0.3, -0.25) is 14.9 Å². The molecule has 0 aromatic carbocycles. The summed E-state index contributed by atoms with van der Waals surface area (Å²) in [6.07, 6.45) is 20.6. The molecule has 3 nitrogen and oxygen atoms in total. The molecule has 1 saturated heterocycles. The number of rotatable bonds is 4. The fourth-order valence-corrected chi connectivity index (χ4v) is 5.32. The van der Waals surface area contributed by atoms with Crippen LogP contribution in [-0.2, 0) is 9.59 Å². The third kappa shape index (κ3) is 10.2. The van der Waals surface area contributed by atoms with E-state index in [0.29, 0.717) is 12.8 Å². The predicted molar refractivity (Wildman–Crippen MR) is 125 cm³/mol. The lowest BCUT2D eigenvalue weighted by Crippen LogP contribution is -2.36. The van der Waals surface area contributed by atoms with Gasteiger partial charge in [0.2, 0.25) is 11.8 Å². The van der Waals surface area contributed by atoms with Gasteiger partial charge >= 0.3 is 0 Å². The van der Waals surface area contributed by atoms with E-state index in [-0.39, 0.29) is 17.1 Å². The Morgan fingerprint density at radius 1 is 0.786 bits per heavy atom. The summed E-state index contributed by atoms with van der Waals surface area (Å²) < 4.78 is 0. The molecule has 28 heavy (non-hydrogen) atoms. The third-order valence-electron chi connectivity index (χ3n) is 7.17. The summed E-state index contributed by atoms with van der Waals surface area (Å²) in [7, 11) is 3.70. The summed E-state index contributed by atoms with van der Waals surface area (Å²) in [5.41, 5.74) is 0.